The van der Waals surface area contributed by atoms with Gasteiger partial charge in [0, 0.05) is 29.9 Å². The Balaban J connectivity index is 2.32. The predicted octanol–water partition coefficient (Wildman–Crippen LogP) is 2.93. The molecule has 0 radical (unpaired) electrons. The van der Waals surface area contributed by atoms with Gasteiger partial charge in [-0.2, -0.15) is 5.10 Å². The molecule has 5 heteroatoms. The first-order chi connectivity index (χ1) is 9.02. The smallest absolute Gasteiger partial charge is 0.131 e. The minimum Gasteiger partial charge on any atom is -0.320 e. The zero-order valence-electron chi connectivity index (χ0n) is 11.0. The van der Waals surface area contributed by atoms with Gasteiger partial charge >= 0.3 is 0 Å². The fourth-order valence-corrected chi connectivity index (χ4v) is 1.99. The fourth-order valence-electron chi connectivity index (χ4n) is 1.99. The monoisotopic (exact) mass is 265 g/mol. The molecule has 1 heterocycles. The van der Waals surface area contributed by atoms with Crippen LogP contribution in [0.5, 0.6) is 0 Å². The lowest BCUT2D eigenvalue weighted by Crippen LogP contribution is -2.14. The summed E-state index contributed by atoms with van der Waals surface area (Å²) < 4.78 is 28.8. The summed E-state index contributed by atoms with van der Waals surface area (Å²) in [5.74, 6) is -1.19. The van der Waals surface area contributed by atoms with E-state index in [2.05, 4.69) is 5.10 Å². The molecule has 1 unspecified atom stereocenters. The molecule has 0 fully saturated rings. The van der Waals surface area contributed by atoms with Crippen molar-refractivity contribution in [1.82, 2.24) is 9.78 Å². The van der Waals surface area contributed by atoms with Crippen LogP contribution in [0.4, 0.5) is 8.78 Å². The fraction of sp³-hybridized carbons (Fsp3) is 0.357. The van der Waals surface area contributed by atoms with E-state index < -0.39 is 17.7 Å². The van der Waals surface area contributed by atoms with Gasteiger partial charge in [-0.15, -0.1) is 0 Å². The summed E-state index contributed by atoms with van der Waals surface area (Å²) in [5, 5.41) is 4.16. The lowest BCUT2D eigenvalue weighted by Gasteiger charge is -2.12. The maximum atomic E-state index is 13.8. The normalized spacial score (nSPS) is 12.7. The molecule has 2 rings (SSSR count). The summed E-state index contributed by atoms with van der Waals surface area (Å²) in [5.41, 5.74) is 7.42. The van der Waals surface area contributed by atoms with Crippen LogP contribution in [0.3, 0.4) is 0 Å². The van der Waals surface area contributed by atoms with Gasteiger partial charge in [0.15, 0.2) is 0 Å². The molecule has 2 aromatic rings. The summed E-state index contributed by atoms with van der Waals surface area (Å²) in [7, 11) is 0. The maximum Gasteiger partial charge on any atom is 0.131 e. The zero-order chi connectivity index (χ0) is 14.0. The maximum absolute atomic E-state index is 13.8. The summed E-state index contributed by atoms with van der Waals surface area (Å²) in [6.45, 7) is 4.42. The highest BCUT2D eigenvalue weighted by Gasteiger charge is 2.17. The third kappa shape index (κ3) is 2.81. The topological polar surface area (TPSA) is 43.8 Å². The second kappa shape index (κ2) is 5.48. The third-order valence-corrected chi connectivity index (χ3v) is 3.08. The number of hydrogen-bond acceptors (Lipinski definition) is 2. The van der Waals surface area contributed by atoms with Gasteiger partial charge in [-0.05, 0) is 25.0 Å². The van der Waals surface area contributed by atoms with Crippen molar-refractivity contribution in [2.45, 2.75) is 32.9 Å². The van der Waals surface area contributed by atoms with E-state index >= 15 is 0 Å². The van der Waals surface area contributed by atoms with Crippen molar-refractivity contribution >= 4 is 0 Å². The molecule has 19 heavy (non-hydrogen) atoms. The van der Waals surface area contributed by atoms with Crippen LogP contribution in [-0.2, 0) is 6.54 Å². The van der Waals surface area contributed by atoms with Crippen molar-refractivity contribution in [2.75, 3.05) is 0 Å². The second-order valence-corrected chi connectivity index (χ2v) is 4.64. The first-order valence-electron chi connectivity index (χ1n) is 6.26. The van der Waals surface area contributed by atoms with E-state index in [1.165, 1.54) is 6.07 Å². The van der Waals surface area contributed by atoms with Gasteiger partial charge in [-0.1, -0.05) is 6.92 Å². The van der Waals surface area contributed by atoms with Crippen molar-refractivity contribution in [2.24, 2.45) is 5.73 Å². The zero-order valence-corrected chi connectivity index (χ0v) is 11.0. The molecular weight excluding hydrogens is 248 g/mol. The Morgan fingerprint density at radius 3 is 2.74 bits per heavy atom. The van der Waals surface area contributed by atoms with Crippen LogP contribution in [0, 0.1) is 18.6 Å². The summed E-state index contributed by atoms with van der Waals surface area (Å²) >= 11 is 0. The molecule has 0 aliphatic carbocycles. The van der Waals surface area contributed by atoms with Crippen molar-refractivity contribution < 1.29 is 8.78 Å². The van der Waals surface area contributed by atoms with Crippen LogP contribution >= 0.6 is 0 Å². The molecule has 0 spiro atoms. The third-order valence-electron chi connectivity index (χ3n) is 3.08. The van der Waals surface area contributed by atoms with E-state index in [4.69, 9.17) is 5.73 Å². The summed E-state index contributed by atoms with van der Waals surface area (Å²) in [4.78, 5) is 0. The van der Waals surface area contributed by atoms with Crippen LogP contribution < -0.4 is 5.73 Å². The SMILES string of the molecule is CCCn1cc(C(N)c2cc(C)c(F)cc2F)cn1. The molecule has 3 nitrogen and oxygen atoms in total. The Hall–Kier alpha value is -1.75. The highest BCUT2D eigenvalue weighted by Crippen LogP contribution is 2.24. The molecule has 1 atom stereocenters. The average Bonchev–Trinajstić information content (AvgIpc) is 2.82. The number of halogens is 2. The second-order valence-electron chi connectivity index (χ2n) is 4.64. The molecule has 0 saturated heterocycles. The van der Waals surface area contributed by atoms with E-state index in [0.29, 0.717) is 5.56 Å². The summed E-state index contributed by atoms with van der Waals surface area (Å²) in [6, 6.07) is 1.69. The standard InChI is InChI=1S/C14H17F2N3/c1-3-4-19-8-10(7-18-19)14(17)11-5-9(2)12(15)6-13(11)16/h5-8,14H,3-4,17H2,1-2H3. The molecule has 1 aromatic carbocycles. The van der Waals surface area contributed by atoms with Crippen LogP contribution in [0.1, 0.15) is 36.1 Å². The van der Waals surface area contributed by atoms with Crippen LogP contribution in [-0.4, -0.2) is 9.78 Å². The molecule has 0 saturated carbocycles. The van der Waals surface area contributed by atoms with Gasteiger partial charge in [0.05, 0.1) is 12.2 Å². The molecule has 2 N–H and O–H groups in total. The van der Waals surface area contributed by atoms with E-state index in [9.17, 15) is 8.78 Å². The first-order valence-corrected chi connectivity index (χ1v) is 6.26. The molecular formula is C14H17F2N3. The van der Waals surface area contributed by atoms with E-state index in [1.807, 2.05) is 6.92 Å². The average molecular weight is 265 g/mol. The van der Waals surface area contributed by atoms with Crippen molar-refractivity contribution in [3.8, 4) is 0 Å². The van der Waals surface area contributed by atoms with E-state index in [1.54, 1.807) is 24.0 Å². The van der Waals surface area contributed by atoms with E-state index in [0.717, 1.165) is 24.6 Å². The van der Waals surface area contributed by atoms with E-state index in [-0.39, 0.29) is 5.56 Å². The lowest BCUT2D eigenvalue weighted by atomic mass is 10.00. The van der Waals surface area contributed by atoms with Gasteiger partial charge in [0.1, 0.15) is 11.6 Å². The Morgan fingerprint density at radius 1 is 1.32 bits per heavy atom. The minimum absolute atomic E-state index is 0.287. The Labute approximate surface area is 111 Å². The Morgan fingerprint density at radius 2 is 2.05 bits per heavy atom. The quantitative estimate of drug-likeness (QED) is 0.923. The number of hydrogen-bond donors (Lipinski definition) is 1. The summed E-state index contributed by atoms with van der Waals surface area (Å²) in [6.07, 6.45) is 4.38. The molecule has 0 amide bonds. The van der Waals surface area contributed by atoms with Crippen LogP contribution in [0.15, 0.2) is 24.5 Å². The van der Waals surface area contributed by atoms with Crippen LogP contribution in [0.25, 0.3) is 0 Å². The number of nitrogens with zero attached hydrogens (tertiary/aromatic N) is 2. The first kappa shape index (κ1) is 13.7. The van der Waals surface area contributed by atoms with Crippen molar-refractivity contribution in [3.63, 3.8) is 0 Å². The van der Waals surface area contributed by atoms with Crippen molar-refractivity contribution in [1.29, 1.82) is 0 Å². The molecule has 1 aromatic heterocycles. The number of aromatic nitrogens is 2. The van der Waals surface area contributed by atoms with Gasteiger partial charge in [-0.3, -0.25) is 4.68 Å². The van der Waals surface area contributed by atoms with Gasteiger partial charge in [0.2, 0.25) is 0 Å². The number of nitrogens with two attached hydrogens (primary N) is 1. The highest BCUT2D eigenvalue weighted by molar-refractivity contribution is 5.33. The Bertz CT molecular complexity index is 578. The minimum atomic E-state index is -0.634. The molecule has 0 bridgehead atoms. The van der Waals surface area contributed by atoms with Crippen molar-refractivity contribution in [3.05, 3.63) is 52.9 Å². The lowest BCUT2D eigenvalue weighted by molar-refractivity contribution is 0.560. The molecule has 0 aliphatic rings. The largest absolute Gasteiger partial charge is 0.320 e. The van der Waals surface area contributed by atoms with Gasteiger partial charge in [0.25, 0.3) is 0 Å². The number of benzene rings is 1. The van der Waals surface area contributed by atoms with Gasteiger partial charge < -0.3 is 5.73 Å². The molecule has 0 aliphatic heterocycles. The number of rotatable bonds is 4. The molecule has 102 valence electrons. The number of aryl methyl sites for hydroxylation is 2. The highest BCUT2D eigenvalue weighted by atomic mass is 19.1. The van der Waals surface area contributed by atoms with Gasteiger partial charge in [-0.25, -0.2) is 8.78 Å². The Kier molecular flexibility index (Phi) is 3.95. The predicted molar refractivity (Wildman–Crippen MR) is 69.6 cm³/mol. The van der Waals surface area contributed by atoms with Crippen LogP contribution in [0.2, 0.25) is 0 Å².